The van der Waals surface area contributed by atoms with Gasteiger partial charge in [0.25, 0.3) is 11.8 Å². The molecule has 0 unspecified atom stereocenters. The first-order chi connectivity index (χ1) is 17.1. The van der Waals surface area contributed by atoms with E-state index in [2.05, 4.69) is 45.1 Å². The summed E-state index contributed by atoms with van der Waals surface area (Å²) in [5, 5.41) is 9.08. The normalized spacial score (nSPS) is 16.9. The Bertz CT molecular complexity index is 1260. The van der Waals surface area contributed by atoms with E-state index >= 15 is 0 Å². The molecular formula is C29H30N4O2. The molecule has 178 valence electrons. The number of rotatable bonds is 6. The van der Waals surface area contributed by atoms with Gasteiger partial charge in [-0.1, -0.05) is 55.0 Å². The van der Waals surface area contributed by atoms with E-state index in [1.165, 1.54) is 37.9 Å². The lowest BCUT2D eigenvalue weighted by Gasteiger charge is -2.26. The van der Waals surface area contributed by atoms with Crippen molar-refractivity contribution < 1.29 is 9.59 Å². The molecule has 3 N–H and O–H groups in total. The Balaban J connectivity index is 1.48. The largest absolute Gasteiger partial charge is 0.355 e. The quantitative estimate of drug-likeness (QED) is 0.449. The highest BCUT2D eigenvalue weighted by Crippen LogP contribution is 2.38. The molecule has 3 aromatic carbocycles. The second-order valence-corrected chi connectivity index (χ2v) is 9.07. The maximum absolute atomic E-state index is 13.1. The molecule has 2 heterocycles. The second-order valence-electron chi connectivity index (χ2n) is 9.07. The summed E-state index contributed by atoms with van der Waals surface area (Å²) in [6.07, 6.45) is 3.89. The summed E-state index contributed by atoms with van der Waals surface area (Å²) >= 11 is 0. The SMILES string of the molecule is CNC(=O)c1ccc2c(c1)NC(=O)C2=C(Nc1ccc(CN2CCCCC2)cc1)c1ccccc1. The number of carbonyl (C=O) groups excluding carboxylic acids is 2. The molecule has 2 aliphatic rings. The van der Waals surface area contributed by atoms with Gasteiger partial charge in [-0.2, -0.15) is 0 Å². The fourth-order valence-electron chi connectivity index (χ4n) is 4.80. The van der Waals surface area contributed by atoms with Crippen LogP contribution >= 0.6 is 0 Å². The van der Waals surface area contributed by atoms with Crippen molar-refractivity contribution in [3.63, 3.8) is 0 Å². The molecule has 5 rings (SSSR count). The van der Waals surface area contributed by atoms with Gasteiger partial charge in [-0.15, -0.1) is 0 Å². The molecule has 0 atom stereocenters. The summed E-state index contributed by atoms with van der Waals surface area (Å²) in [4.78, 5) is 27.7. The fourth-order valence-corrected chi connectivity index (χ4v) is 4.80. The molecule has 6 heteroatoms. The zero-order chi connectivity index (χ0) is 24.2. The summed E-state index contributed by atoms with van der Waals surface area (Å²) in [5.41, 5.74) is 6.34. The molecule has 0 bridgehead atoms. The van der Waals surface area contributed by atoms with E-state index in [9.17, 15) is 9.59 Å². The van der Waals surface area contributed by atoms with E-state index in [1.807, 2.05) is 36.4 Å². The Morgan fingerprint density at radius 3 is 2.37 bits per heavy atom. The van der Waals surface area contributed by atoms with Crippen molar-refractivity contribution in [2.24, 2.45) is 0 Å². The van der Waals surface area contributed by atoms with E-state index in [-0.39, 0.29) is 11.8 Å². The molecule has 1 saturated heterocycles. The third-order valence-electron chi connectivity index (χ3n) is 6.64. The lowest BCUT2D eigenvalue weighted by atomic mass is 9.98. The van der Waals surface area contributed by atoms with Crippen LogP contribution in [0.2, 0.25) is 0 Å². The van der Waals surface area contributed by atoms with Crippen LogP contribution in [-0.2, 0) is 11.3 Å². The zero-order valence-electron chi connectivity index (χ0n) is 19.9. The minimum absolute atomic E-state index is 0.189. The van der Waals surface area contributed by atoms with E-state index in [0.717, 1.165) is 29.1 Å². The van der Waals surface area contributed by atoms with Crippen LogP contribution in [0.15, 0.2) is 72.8 Å². The van der Waals surface area contributed by atoms with Gasteiger partial charge in [0.05, 0.1) is 11.3 Å². The van der Waals surface area contributed by atoms with Gasteiger partial charge >= 0.3 is 0 Å². The van der Waals surface area contributed by atoms with Crippen molar-refractivity contribution in [2.75, 3.05) is 30.8 Å². The lowest BCUT2D eigenvalue weighted by molar-refractivity contribution is -0.110. The van der Waals surface area contributed by atoms with Crippen molar-refractivity contribution in [1.82, 2.24) is 10.2 Å². The molecule has 3 aromatic rings. The predicted octanol–water partition coefficient (Wildman–Crippen LogP) is 4.96. The Morgan fingerprint density at radius 2 is 1.66 bits per heavy atom. The van der Waals surface area contributed by atoms with Gasteiger partial charge in [0.1, 0.15) is 0 Å². The van der Waals surface area contributed by atoms with E-state index in [4.69, 9.17) is 0 Å². The molecule has 0 aliphatic carbocycles. The third-order valence-corrected chi connectivity index (χ3v) is 6.64. The van der Waals surface area contributed by atoms with Gasteiger partial charge in [-0.05, 0) is 61.3 Å². The monoisotopic (exact) mass is 466 g/mol. The number of anilines is 2. The lowest BCUT2D eigenvalue weighted by Crippen LogP contribution is -2.29. The van der Waals surface area contributed by atoms with Crippen LogP contribution in [0.1, 0.15) is 46.3 Å². The Hall–Kier alpha value is -3.90. The van der Waals surface area contributed by atoms with E-state index in [0.29, 0.717) is 16.8 Å². The number of hydrogen-bond acceptors (Lipinski definition) is 4. The minimum atomic E-state index is -0.192. The summed E-state index contributed by atoms with van der Waals surface area (Å²) in [7, 11) is 1.59. The zero-order valence-corrected chi connectivity index (χ0v) is 19.9. The molecule has 0 radical (unpaired) electrons. The number of fused-ring (bicyclic) bond motifs is 1. The summed E-state index contributed by atoms with van der Waals surface area (Å²) in [6.45, 7) is 3.30. The van der Waals surface area contributed by atoms with Crippen LogP contribution in [0.25, 0.3) is 11.3 Å². The molecule has 1 fully saturated rings. The number of hydrogen-bond donors (Lipinski definition) is 3. The molecule has 0 spiro atoms. The number of amides is 2. The van der Waals surface area contributed by atoms with Gasteiger partial charge in [0.15, 0.2) is 0 Å². The highest BCUT2D eigenvalue weighted by Gasteiger charge is 2.29. The van der Waals surface area contributed by atoms with Gasteiger partial charge in [-0.25, -0.2) is 0 Å². The number of nitrogens with one attached hydrogen (secondary N) is 3. The first-order valence-corrected chi connectivity index (χ1v) is 12.2. The summed E-state index contributed by atoms with van der Waals surface area (Å²) in [6, 6.07) is 23.6. The van der Waals surface area contributed by atoms with Crippen molar-refractivity contribution in [3.8, 4) is 0 Å². The van der Waals surface area contributed by atoms with Crippen molar-refractivity contribution in [1.29, 1.82) is 0 Å². The van der Waals surface area contributed by atoms with Crippen LogP contribution in [0.4, 0.5) is 11.4 Å². The van der Waals surface area contributed by atoms with Crippen LogP contribution < -0.4 is 16.0 Å². The molecule has 6 nitrogen and oxygen atoms in total. The number of likely N-dealkylation sites (tertiary alicyclic amines) is 1. The predicted molar refractivity (Wildman–Crippen MR) is 141 cm³/mol. The van der Waals surface area contributed by atoms with Crippen LogP contribution in [-0.4, -0.2) is 36.9 Å². The van der Waals surface area contributed by atoms with Crippen molar-refractivity contribution >= 4 is 34.5 Å². The maximum Gasteiger partial charge on any atom is 0.258 e. The van der Waals surface area contributed by atoms with Crippen LogP contribution in [0.3, 0.4) is 0 Å². The van der Waals surface area contributed by atoms with E-state index in [1.54, 1.807) is 19.2 Å². The van der Waals surface area contributed by atoms with Gasteiger partial charge < -0.3 is 16.0 Å². The minimum Gasteiger partial charge on any atom is -0.355 e. The maximum atomic E-state index is 13.1. The highest BCUT2D eigenvalue weighted by atomic mass is 16.2. The standard InChI is InChI=1S/C29H30N4O2/c1-30-28(34)22-12-15-24-25(18-22)32-29(35)26(24)27(21-8-4-2-5-9-21)31-23-13-10-20(11-14-23)19-33-16-6-3-7-17-33/h2,4-5,8-15,18,31H,3,6-7,16-17,19H2,1H3,(H,30,34)(H,32,35). The molecule has 0 aromatic heterocycles. The molecule has 2 amide bonds. The molecular weight excluding hydrogens is 436 g/mol. The molecule has 35 heavy (non-hydrogen) atoms. The van der Waals surface area contributed by atoms with Gasteiger partial charge in [0, 0.05) is 36.1 Å². The van der Waals surface area contributed by atoms with Gasteiger partial charge in [-0.3, -0.25) is 14.5 Å². The van der Waals surface area contributed by atoms with Crippen molar-refractivity contribution in [2.45, 2.75) is 25.8 Å². The van der Waals surface area contributed by atoms with Crippen molar-refractivity contribution in [3.05, 3.63) is 95.1 Å². The summed E-state index contributed by atoms with van der Waals surface area (Å²) < 4.78 is 0. The second kappa shape index (κ2) is 10.2. The topological polar surface area (TPSA) is 73.5 Å². The Kier molecular flexibility index (Phi) is 6.64. The average Bonchev–Trinajstić information content (AvgIpc) is 3.23. The molecule has 2 aliphatic heterocycles. The number of carbonyl (C=O) groups is 2. The van der Waals surface area contributed by atoms with Crippen LogP contribution in [0.5, 0.6) is 0 Å². The van der Waals surface area contributed by atoms with E-state index < -0.39 is 0 Å². The first kappa shape index (κ1) is 22.9. The number of piperidine rings is 1. The van der Waals surface area contributed by atoms with Crippen LogP contribution in [0, 0.1) is 0 Å². The third kappa shape index (κ3) is 4.98. The Morgan fingerprint density at radius 1 is 0.914 bits per heavy atom. The Labute approximate surface area is 206 Å². The summed E-state index contributed by atoms with van der Waals surface area (Å²) in [5.74, 6) is -0.382. The highest BCUT2D eigenvalue weighted by molar-refractivity contribution is 6.37. The first-order valence-electron chi connectivity index (χ1n) is 12.2. The smallest absolute Gasteiger partial charge is 0.258 e. The number of nitrogens with zero attached hydrogens (tertiary/aromatic N) is 1. The fraction of sp³-hybridized carbons (Fsp3) is 0.241. The number of benzene rings is 3. The van der Waals surface area contributed by atoms with Gasteiger partial charge in [0.2, 0.25) is 0 Å². The average molecular weight is 467 g/mol. The molecule has 0 saturated carbocycles.